The number of hydrogen-bond donors (Lipinski definition) is 2. The van der Waals surface area contributed by atoms with Crippen LogP contribution in [0.4, 0.5) is 5.69 Å². The van der Waals surface area contributed by atoms with Crippen molar-refractivity contribution in [2.24, 2.45) is 0 Å². The van der Waals surface area contributed by atoms with Crippen LogP contribution < -0.4 is 5.48 Å². The standard InChI is InChI=1S/C24H19ClN2O3S/c1-14-7-9-18(20(25)11-14)22-13-31-23(26-22)15-8-10-16(19(12-15)24(28)29)17-5-3-4-6-21(17)27-30-2/h3-13,27H,1-2H3,(H,28,29)/p+1. The van der Waals surface area contributed by atoms with Crippen molar-refractivity contribution in [3.05, 3.63) is 82.2 Å². The molecule has 0 amide bonds. The Bertz CT molecular complexity index is 1270. The monoisotopic (exact) mass is 451 g/mol. The molecule has 4 aromatic rings. The molecule has 0 spiro atoms. The third-order valence-corrected chi connectivity index (χ3v) is 6.10. The number of benzene rings is 3. The Morgan fingerprint density at radius 1 is 1.06 bits per heavy atom. The number of aromatic nitrogens is 1. The molecule has 5 nitrogen and oxygen atoms in total. The molecule has 0 radical (unpaired) electrons. The van der Waals surface area contributed by atoms with Crippen molar-refractivity contribution in [1.29, 1.82) is 0 Å². The van der Waals surface area contributed by atoms with Gasteiger partial charge in [0, 0.05) is 33.7 Å². The van der Waals surface area contributed by atoms with Crippen LogP contribution in [-0.2, 0) is 4.84 Å². The van der Waals surface area contributed by atoms with E-state index < -0.39 is 5.97 Å². The van der Waals surface area contributed by atoms with Crippen molar-refractivity contribution in [2.45, 2.75) is 6.92 Å². The summed E-state index contributed by atoms with van der Waals surface area (Å²) in [5.74, 6) is -0.998. The van der Waals surface area contributed by atoms with Gasteiger partial charge in [-0.3, -0.25) is 0 Å². The molecule has 0 atom stereocenters. The van der Waals surface area contributed by atoms with Crippen molar-refractivity contribution >= 4 is 34.6 Å². The Balaban J connectivity index is 1.76. The second kappa shape index (κ2) is 8.99. The van der Waals surface area contributed by atoms with Crippen LogP contribution in [0.15, 0.2) is 66.0 Å². The smallest absolute Gasteiger partial charge is 0.336 e. The average molecular weight is 452 g/mol. The minimum Gasteiger partial charge on any atom is -0.478 e. The predicted molar refractivity (Wildman–Crippen MR) is 124 cm³/mol. The molecule has 4 rings (SSSR count). The summed E-state index contributed by atoms with van der Waals surface area (Å²) >= 11 is 7.84. The molecule has 156 valence electrons. The molecule has 0 fully saturated rings. The number of hydrogen-bond acceptors (Lipinski definition) is 4. The summed E-state index contributed by atoms with van der Waals surface area (Å²) in [4.78, 5) is 21.9. The van der Waals surface area contributed by atoms with Gasteiger partial charge in [-0.15, -0.1) is 11.3 Å². The first-order chi connectivity index (χ1) is 15.0. The van der Waals surface area contributed by atoms with Crippen LogP contribution in [0.5, 0.6) is 0 Å². The van der Waals surface area contributed by atoms with E-state index in [1.807, 2.05) is 66.9 Å². The van der Waals surface area contributed by atoms with Crippen LogP contribution in [-0.4, -0.2) is 23.2 Å². The number of thiazole rings is 1. The first-order valence-corrected chi connectivity index (χ1v) is 10.8. The SMILES string of the molecule is CO[NH2+]c1ccccc1-c1ccc(-c2nc(-c3ccc(C)cc3Cl)cs2)cc1C(=O)O. The number of halogens is 1. The Morgan fingerprint density at radius 2 is 1.84 bits per heavy atom. The molecule has 0 saturated carbocycles. The Morgan fingerprint density at radius 3 is 2.58 bits per heavy atom. The number of nitrogens with zero attached hydrogens (tertiary/aromatic N) is 1. The zero-order chi connectivity index (χ0) is 22.0. The molecule has 3 N–H and O–H groups in total. The molecule has 0 bridgehead atoms. The molecule has 0 aliphatic carbocycles. The maximum absolute atomic E-state index is 12.1. The van der Waals surface area contributed by atoms with Crippen molar-refractivity contribution in [2.75, 3.05) is 7.11 Å². The molecular formula is C24H20ClN2O3S+. The summed E-state index contributed by atoms with van der Waals surface area (Å²) in [6.07, 6.45) is 0. The van der Waals surface area contributed by atoms with Crippen molar-refractivity contribution in [1.82, 2.24) is 4.98 Å². The highest BCUT2D eigenvalue weighted by atomic mass is 35.5. The topological polar surface area (TPSA) is 76.0 Å². The molecule has 31 heavy (non-hydrogen) atoms. The Kier molecular flexibility index (Phi) is 6.15. The molecule has 1 aromatic heterocycles. The van der Waals surface area contributed by atoms with E-state index in [9.17, 15) is 9.90 Å². The average Bonchev–Trinajstić information content (AvgIpc) is 3.24. The molecule has 1 heterocycles. The lowest BCUT2D eigenvalue weighted by molar-refractivity contribution is -0.829. The summed E-state index contributed by atoms with van der Waals surface area (Å²) in [6, 6.07) is 18.8. The van der Waals surface area contributed by atoms with E-state index >= 15 is 0 Å². The first-order valence-electron chi connectivity index (χ1n) is 9.53. The van der Waals surface area contributed by atoms with E-state index in [0.29, 0.717) is 10.6 Å². The number of carboxylic acid groups (broad SMARTS) is 1. The van der Waals surface area contributed by atoms with E-state index in [1.54, 1.807) is 18.7 Å². The number of nitrogens with two attached hydrogens (primary N) is 1. The number of aryl methyl sites for hydroxylation is 1. The third kappa shape index (κ3) is 4.38. The lowest BCUT2D eigenvalue weighted by Crippen LogP contribution is -2.76. The van der Waals surface area contributed by atoms with Crippen LogP contribution in [0.3, 0.4) is 0 Å². The lowest BCUT2D eigenvalue weighted by Gasteiger charge is -2.10. The number of carboxylic acids is 1. The van der Waals surface area contributed by atoms with E-state index in [0.717, 1.165) is 38.6 Å². The van der Waals surface area contributed by atoms with Crippen LogP contribution in [0.25, 0.3) is 33.0 Å². The highest BCUT2D eigenvalue weighted by Gasteiger charge is 2.19. The van der Waals surface area contributed by atoms with Gasteiger partial charge in [0.1, 0.15) is 5.01 Å². The number of carbonyl (C=O) groups is 1. The van der Waals surface area contributed by atoms with E-state index in [1.165, 1.54) is 11.3 Å². The van der Waals surface area contributed by atoms with Crippen LogP contribution in [0.2, 0.25) is 5.02 Å². The third-order valence-electron chi connectivity index (χ3n) is 4.90. The number of rotatable bonds is 6. The van der Waals surface area contributed by atoms with Gasteiger partial charge in [0.05, 0.1) is 23.4 Å². The summed E-state index contributed by atoms with van der Waals surface area (Å²) < 4.78 is 0. The second-order valence-corrected chi connectivity index (χ2v) is 8.29. The largest absolute Gasteiger partial charge is 0.478 e. The van der Waals surface area contributed by atoms with Gasteiger partial charge in [-0.2, -0.15) is 5.48 Å². The highest BCUT2D eigenvalue weighted by Crippen LogP contribution is 2.36. The minimum absolute atomic E-state index is 0.208. The Labute approximate surface area is 188 Å². The van der Waals surface area contributed by atoms with Gasteiger partial charge in [0.25, 0.3) is 0 Å². The fraction of sp³-hybridized carbons (Fsp3) is 0.0833. The fourth-order valence-corrected chi connectivity index (χ4v) is 4.57. The zero-order valence-electron chi connectivity index (χ0n) is 16.9. The van der Waals surface area contributed by atoms with Crippen LogP contribution in [0.1, 0.15) is 15.9 Å². The summed E-state index contributed by atoms with van der Waals surface area (Å²) in [5.41, 5.74) is 7.49. The van der Waals surface area contributed by atoms with Gasteiger partial charge in [-0.05, 0) is 30.7 Å². The zero-order valence-corrected chi connectivity index (χ0v) is 18.5. The van der Waals surface area contributed by atoms with Crippen molar-refractivity contribution in [3.63, 3.8) is 0 Å². The molecule has 0 unspecified atom stereocenters. The summed E-state index contributed by atoms with van der Waals surface area (Å²) in [6.45, 7) is 1.99. The molecule has 3 aromatic carbocycles. The highest BCUT2D eigenvalue weighted by molar-refractivity contribution is 7.13. The van der Waals surface area contributed by atoms with Gasteiger partial charge in [0.15, 0.2) is 5.69 Å². The van der Waals surface area contributed by atoms with Crippen LogP contribution in [0, 0.1) is 6.92 Å². The normalized spacial score (nSPS) is 10.9. The minimum atomic E-state index is -0.998. The molecule has 7 heteroatoms. The maximum Gasteiger partial charge on any atom is 0.336 e. The Hall–Kier alpha value is -3.03. The van der Waals surface area contributed by atoms with Gasteiger partial charge in [-0.1, -0.05) is 48.0 Å². The molecular weight excluding hydrogens is 432 g/mol. The van der Waals surface area contributed by atoms with E-state index in [2.05, 4.69) is 0 Å². The maximum atomic E-state index is 12.1. The molecule has 0 aliphatic rings. The van der Waals surface area contributed by atoms with E-state index in [-0.39, 0.29) is 5.56 Å². The first kappa shape index (κ1) is 21.2. The quantitative estimate of drug-likeness (QED) is 0.297. The van der Waals surface area contributed by atoms with Gasteiger partial charge in [-0.25, -0.2) is 14.6 Å². The second-order valence-electron chi connectivity index (χ2n) is 7.03. The predicted octanol–water partition coefficient (Wildman–Crippen LogP) is 5.56. The van der Waals surface area contributed by atoms with Crippen LogP contribution >= 0.6 is 22.9 Å². The molecule has 0 saturated heterocycles. The van der Waals surface area contributed by atoms with Crippen molar-refractivity contribution in [3.8, 4) is 33.0 Å². The van der Waals surface area contributed by atoms with Gasteiger partial charge >= 0.3 is 5.97 Å². The summed E-state index contributed by atoms with van der Waals surface area (Å²) in [7, 11) is 1.57. The molecule has 0 aliphatic heterocycles. The van der Waals surface area contributed by atoms with Gasteiger partial charge in [0.2, 0.25) is 0 Å². The summed E-state index contributed by atoms with van der Waals surface area (Å²) in [5, 5.41) is 13.2. The van der Waals surface area contributed by atoms with Crippen molar-refractivity contribution < 1.29 is 20.2 Å². The fourth-order valence-electron chi connectivity index (χ4n) is 3.42. The lowest BCUT2D eigenvalue weighted by atomic mass is 9.96. The van der Waals surface area contributed by atoms with E-state index in [4.69, 9.17) is 21.4 Å². The van der Waals surface area contributed by atoms with Gasteiger partial charge < -0.3 is 5.11 Å². The number of quaternary nitrogens is 1. The number of aromatic carboxylic acids is 1.